The van der Waals surface area contributed by atoms with Gasteiger partial charge in [-0.1, -0.05) is 40.6 Å². The molecule has 0 bridgehead atoms. The third-order valence-corrected chi connectivity index (χ3v) is 6.02. The molecule has 0 radical (unpaired) electrons. The summed E-state index contributed by atoms with van der Waals surface area (Å²) >= 11 is 0. The molecule has 4 aromatic rings. The Kier molecular flexibility index (Phi) is 6.40. The fourth-order valence-electron chi connectivity index (χ4n) is 4.00. The molecule has 5 rings (SSSR count). The molecule has 0 aliphatic carbocycles. The van der Waals surface area contributed by atoms with Crippen molar-refractivity contribution in [1.82, 2.24) is 25.0 Å². The normalized spacial score (nSPS) is 19.1. The third-order valence-electron chi connectivity index (χ3n) is 6.02. The van der Waals surface area contributed by atoms with Crippen LogP contribution in [0.3, 0.4) is 0 Å². The zero-order valence-corrected chi connectivity index (χ0v) is 20.1. The lowest BCUT2D eigenvalue weighted by molar-refractivity contribution is -0.0594. The van der Waals surface area contributed by atoms with Crippen LogP contribution in [0.2, 0.25) is 0 Å². The zero-order valence-electron chi connectivity index (χ0n) is 20.1. The smallest absolute Gasteiger partial charge is 0.338 e. The molecule has 0 unspecified atom stereocenters. The molecule has 2 aromatic heterocycles. The number of H-pyrrole nitrogens is 1. The van der Waals surface area contributed by atoms with Gasteiger partial charge in [0.25, 0.3) is 5.56 Å². The van der Waals surface area contributed by atoms with E-state index in [0.29, 0.717) is 11.1 Å². The van der Waals surface area contributed by atoms with Crippen LogP contribution in [0.1, 0.15) is 44.5 Å². The number of hydrogen-bond acceptors (Lipinski definition) is 10. The van der Waals surface area contributed by atoms with E-state index >= 15 is 0 Å². The summed E-state index contributed by atoms with van der Waals surface area (Å²) in [5.41, 5.74) is 8.02. The number of hydrogen-bond donors (Lipinski definition) is 2. The van der Waals surface area contributed by atoms with Gasteiger partial charge >= 0.3 is 11.9 Å². The molecule has 1 saturated heterocycles. The maximum Gasteiger partial charge on any atom is 0.338 e. The van der Waals surface area contributed by atoms with Gasteiger partial charge in [0.15, 0.2) is 17.4 Å². The Balaban J connectivity index is 1.38. The van der Waals surface area contributed by atoms with Crippen LogP contribution in [-0.4, -0.2) is 55.7 Å². The fourth-order valence-corrected chi connectivity index (χ4v) is 4.00. The van der Waals surface area contributed by atoms with Crippen LogP contribution >= 0.6 is 0 Å². The summed E-state index contributed by atoms with van der Waals surface area (Å²) < 4.78 is 18.6. The summed E-state index contributed by atoms with van der Waals surface area (Å²) in [6, 6.07) is 13.9. The molecule has 3 heterocycles. The van der Waals surface area contributed by atoms with Crippen LogP contribution in [0.25, 0.3) is 11.2 Å². The summed E-state index contributed by atoms with van der Waals surface area (Å²) in [4.78, 5) is 44.1. The van der Waals surface area contributed by atoms with Gasteiger partial charge in [0.1, 0.15) is 18.8 Å². The molecule has 0 spiro atoms. The number of esters is 2. The maximum absolute atomic E-state index is 12.8. The van der Waals surface area contributed by atoms with Crippen LogP contribution in [0, 0.1) is 13.8 Å². The van der Waals surface area contributed by atoms with Gasteiger partial charge in [0.05, 0.1) is 11.1 Å². The van der Waals surface area contributed by atoms with Gasteiger partial charge in [-0.25, -0.2) is 9.59 Å². The summed E-state index contributed by atoms with van der Waals surface area (Å²) in [6.07, 6.45) is -2.26. The Morgan fingerprint density at radius 3 is 2.32 bits per heavy atom. The molecular weight excluding hydrogens is 480 g/mol. The minimum Gasteiger partial charge on any atom is -0.459 e. The van der Waals surface area contributed by atoms with E-state index in [-0.39, 0.29) is 30.1 Å². The molecule has 12 nitrogen and oxygen atoms in total. The number of rotatable bonds is 6. The van der Waals surface area contributed by atoms with Gasteiger partial charge in [-0.05, 0) is 38.1 Å². The van der Waals surface area contributed by atoms with E-state index in [2.05, 4.69) is 20.3 Å². The molecule has 1 aliphatic rings. The first-order chi connectivity index (χ1) is 17.8. The number of fused-ring (bicyclic) bond motifs is 1. The standard InChI is InChI=1S/C25H24N6O6/c1-13-3-7-15(8-4-13)23(33)35-12-18-17(37-24(34)16-9-5-14(2)6-10-16)11-19(36-18)31-21-20(29-30-31)22(32)28-25(26)27-21/h3-10,17-19H,11-12H2,1-2H3,(H3,26,27,28,32)/t17-,18+,19-/m0/s1. The molecule has 190 valence electrons. The van der Waals surface area contributed by atoms with Crippen LogP contribution in [0.5, 0.6) is 0 Å². The Bertz CT molecular complexity index is 1510. The number of aromatic amines is 1. The average Bonchev–Trinajstić information content (AvgIpc) is 3.47. The molecule has 1 fully saturated rings. The lowest BCUT2D eigenvalue weighted by Gasteiger charge is -2.19. The van der Waals surface area contributed by atoms with Crippen molar-refractivity contribution in [3.63, 3.8) is 0 Å². The van der Waals surface area contributed by atoms with E-state index in [9.17, 15) is 14.4 Å². The summed E-state index contributed by atoms with van der Waals surface area (Å²) in [7, 11) is 0. The van der Waals surface area contributed by atoms with Crippen molar-refractivity contribution in [3.05, 3.63) is 81.1 Å². The number of carbonyl (C=O) groups excluding carboxylic acids is 2. The highest BCUT2D eigenvalue weighted by molar-refractivity contribution is 5.90. The quantitative estimate of drug-likeness (QED) is 0.371. The van der Waals surface area contributed by atoms with E-state index in [1.165, 1.54) is 4.68 Å². The summed E-state index contributed by atoms with van der Waals surface area (Å²) in [6.45, 7) is 3.65. The van der Waals surface area contributed by atoms with Crippen LogP contribution < -0.4 is 11.3 Å². The second-order valence-electron chi connectivity index (χ2n) is 8.80. The molecule has 3 atom stereocenters. The van der Waals surface area contributed by atoms with Crippen molar-refractivity contribution >= 4 is 29.1 Å². The number of ether oxygens (including phenoxy) is 3. The Morgan fingerprint density at radius 1 is 1.05 bits per heavy atom. The average molecular weight is 505 g/mol. The molecule has 37 heavy (non-hydrogen) atoms. The van der Waals surface area contributed by atoms with Crippen LogP contribution in [0.4, 0.5) is 5.95 Å². The Hall–Kier alpha value is -4.58. The highest BCUT2D eigenvalue weighted by Crippen LogP contribution is 2.32. The number of aryl methyl sites for hydroxylation is 2. The van der Waals surface area contributed by atoms with Gasteiger partial charge in [-0.15, -0.1) is 5.10 Å². The zero-order chi connectivity index (χ0) is 26.1. The molecule has 12 heteroatoms. The van der Waals surface area contributed by atoms with Crippen molar-refractivity contribution in [2.24, 2.45) is 0 Å². The van der Waals surface area contributed by atoms with Crippen molar-refractivity contribution in [3.8, 4) is 0 Å². The Labute approximate surface area is 210 Å². The van der Waals surface area contributed by atoms with Gasteiger partial charge in [-0.3, -0.25) is 9.78 Å². The highest BCUT2D eigenvalue weighted by Gasteiger charge is 2.41. The van der Waals surface area contributed by atoms with Crippen molar-refractivity contribution in [1.29, 1.82) is 0 Å². The SMILES string of the molecule is Cc1ccc(C(=O)OC[C@H]2O[C@H](n3nnc4c(=O)[nH]c(N)nc43)C[C@@H]2OC(=O)c2ccc(C)cc2)cc1. The van der Waals surface area contributed by atoms with E-state index < -0.39 is 35.9 Å². The van der Waals surface area contributed by atoms with Crippen LogP contribution in [0.15, 0.2) is 53.3 Å². The molecule has 1 aliphatic heterocycles. The van der Waals surface area contributed by atoms with E-state index in [0.717, 1.165) is 11.1 Å². The van der Waals surface area contributed by atoms with Crippen molar-refractivity contribution < 1.29 is 23.8 Å². The van der Waals surface area contributed by atoms with E-state index in [1.807, 2.05) is 13.8 Å². The fraction of sp³-hybridized carbons (Fsp3) is 0.280. The molecule has 2 aromatic carbocycles. The second-order valence-corrected chi connectivity index (χ2v) is 8.80. The maximum atomic E-state index is 12.8. The number of nitrogen functional groups attached to an aromatic ring is 1. The number of nitrogens with zero attached hydrogens (tertiary/aromatic N) is 4. The number of aromatic nitrogens is 5. The molecule has 0 amide bonds. The first-order valence-electron chi connectivity index (χ1n) is 11.6. The predicted molar refractivity (Wildman–Crippen MR) is 131 cm³/mol. The molecule has 3 N–H and O–H groups in total. The topological polar surface area (TPSA) is 164 Å². The first-order valence-corrected chi connectivity index (χ1v) is 11.6. The van der Waals surface area contributed by atoms with Crippen LogP contribution in [-0.2, 0) is 14.2 Å². The predicted octanol–water partition coefficient (Wildman–Crippen LogP) is 2.08. The first kappa shape index (κ1) is 24.1. The highest BCUT2D eigenvalue weighted by atomic mass is 16.6. The Morgan fingerprint density at radius 2 is 1.68 bits per heavy atom. The minimum absolute atomic E-state index is 0.0137. The van der Waals surface area contributed by atoms with Gasteiger partial charge in [0.2, 0.25) is 5.95 Å². The largest absolute Gasteiger partial charge is 0.459 e. The van der Waals surface area contributed by atoms with Gasteiger partial charge in [0, 0.05) is 6.42 Å². The number of nitrogens with one attached hydrogen (secondary N) is 1. The number of carbonyl (C=O) groups is 2. The number of nitrogens with two attached hydrogens (primary N) is 1. The third kappa shape index (κ3) is 5.05. The van der Waals surface area contributed by atoms with E-state index in [4.69, 9.17) is 19.9 Å². The minimum atomic E-state index is -0.813. The molecular formula is C25H24N6O6. The monoisotopic (exact) mass is 504 g/mol. The summed E-state index contributed by atoms with van der Waals surface area (Å²) in [5, 5.41) is 7.87. The van der Waals surface area contributed by atoms with Gasteiger partial charge < -0.3 is 19.9 Å². The number of anilines is 1. The lowest BCUT2D eigenvalue weighted by atomic mass is 10.1. The molecule has 0 saturated carbocycles. The summed E-state index contributed by atoms with van der Waals surface area (Å²) in [5.74, 6) is -1.20. The number of benzene rings is 2. The van der Waals surface area contributed by atoms with Crippen molar-refractivity contribution in [2.45, 2.75) is 38.7 Å². The van der Waals surface area contributed by atoms with Crippen molar-refractivity contribution in [2.75, 3.05) is 12.3 Å². The van der Waals surface area contributed by atoms with Gasteiger partial charge in [-0.2, -0.15) is 9.67 Å². The second kappa shape index (κ2) is 9.82. The van der Waals surface area contributed by atoms with E-state index in [1.54, 1.807) is 48.5 Å². The lowest BCUT2D eigenvalue weighted by Crippen LogP contribution is -2.32.